The molecule has 6 nitrogen and oxygen atoms in total. The zero-order chi connectivity index (χ0) is 17.3. The van der Waals surface area contributed by atoms with E-state index in [0.717, 1.165) is 35.6 Å². The van der Waals surface area contributed by atoms with E-state index in [4.69, 9.17) is 16.3 Å². The molecule has 1 heterocycles. The van der Waals surface area contributed by atoms with Crippen LogP contribution < -0.4 is 10.1 Å². The molecule has 0 saturated carbocycles. The van der Waals surface area contributed by atoms with Crippen LogP contribution in [-0.2, 0) is 18.5 Å². The molecule has 0 radical (unpaired) electrons. The number of nitrogens with one attached hydrogen (secondary N) is 1. The first-order chi connectivity index (χ1) is 11.4. The standard InChI is InChI=1S/C17H24ClN5O/c1-17(2,3)23-21-15(20-22-23)10-19-13-7-5-6-11-14(24-4)9-8-12(18)16(11)13/h8-9,13,19H,5-7,10H2,1-4H3. The Labute approximate surface area is 147 Å². The number of aromatic nitrogens is 4. The molecule has 1 N–H and O–H groups in total. The lowest BCUT2D eigenvalue weighted by molar-refractivity contribution is 0.304. The van der Waals surface area contributed by atoms with E-state index < -0.39 is 0 Å². The van der Waals surface area contributed by atoms with Crippen LogP contribution in [0.1, 0.15) is 56.6 Å². The predicted molar refractivity (Wildman–Crippen MR) is 93.3 cm³/mol. The monoisotopic (exact) mass is 349 g/mol. The third-order valence-corrected chi connectivity index (χ3v) is 4.64. The van der Waals surface area contributed by atoms with Crippen molar-refractivity contribution in [2.24, 2.45) is 0 Å². The molecule has 0 spiro atoms. The maximum absolute atomic E-state index is 6.47. The van der Waals surface area contributed by atoms with Gasteiger partial charge in [-0.05, 0) is 62.9 Å². The summed E-state index contributed by atoms with van der Waals surface area (Å²) in [4.78, 5) is 1.65. The molecule has 130 valence electrons. The molecule has 1 aromatic heterocycles. The van der Waals surface area contributed by atoms with Crippen LogP contribution in [0.25, 0.3) is 0 Å². The number of fused-ring (bicyclic) bond motifs is 1. The van der Waals surface area contributed by atoms with Crippen molar-refractivity contribution in [3.8, 4) is 5.75 Å². The van der Waals surface area contributed by atoms with Gasteiger partial charge in [0.1, 0.15) is 5.75 Å². The van der Waals surface area contributed by atoms with Crippen molar-refractivity contribution in [1.82, 2.24) is 25.5 Å². The van der Waals surface area contributed by atoms with E-state index in [0.29, 0.717) is 12.4 Å². The highest BCUT2D eigenvalue weighted by Gasteiger charge is 2.26. The fourth-order valence-electron chi connectivity index (χ4n) is 3.09. The minimum atomic E-state index is -0.167. The van der Waals surface area contributed by atoms with E-state index in [1.54, 1.807) is 11.9 Å². The molecule has 0 fully saturated rings. The van der Waals surface area contributed by atoms with Gasteiger partial charge in [-0.3, -0.25) is 0 Å². The molecule has 1 unspecified atom stereocenters. The molecular formula is C17H24ClN5O. The van der Waals surface area contributed by atoms with Gasteiger partial charge in [0.2, 0.25) is 0 Å². The summed E-state index contributed by atoms with van der Waals surface area (Å²) in [5.41, 5.74) is 2.19. The lowest BCUT2D eigenvalue weighted by atomic mass is 9.87. The van der Waals surface area contributed by atoms with Crippen molar-refractivity contribution < 1.29 is 4.74 Å². The first-order valence-electron chi connectivity index (χ1n) is 8.28. The molecule has 1 aliphatic carbocycles. The Morgan fingerprint density at radius 3 is 2.83 bits per heavy atom. The molecule has 2 aromatic rings. The third kappa shape index (κ3) is 3.39. The summed E-state index contributed by atoms with van der Waals surface area (Å²) in [7, 11) is 1.70. The molecule has 0 saturated heterocycles. The Hall–Kier alpha value is -1.66. The Kier molecular flexibility index (Phi) is 4.78. The Morgan fingerprint density at radius 1 is 1.38 bits per heavy atom. The summed E-state index contributed by atoms with van der Waals surface area (Å²) in [5, 5.41) is 17.0. The van der Waals surface area contributed by atoms with Crippen molar-refractivity contribution in [2.45, 2.75) is 58.2 Å². The number of rotatable bonds is 4. The average molecular weight is 350 g/mol. The number of benzene rings is 1. The van der Waals surface area contributed by atoms with Crippen LogP contribution in [0.2, 0.25) is 5.02 Å². The number of methoxy groups -OCH3 is 1. The highest BCUT2D eigenvalue weighted by atomic mass is 35.5. The first-order valence-corrected chi connectivity index (χ1v) is 8.66. The Morgan fingerprint density at radius 2 is 2.17 bits per heavy atom. The quantitative estimate of drug-likeness (QED) is 0.917. The predicted octanol–water partition coefficient (Wildman–Crippen LogP) is 3.26. The van der Waals surface area contributed by atoms with Crippen molar-refractivity contribution in [3.63, 3.8) is 0 Å². The van der Waals surface area contributed by atoms with E-state index in [1.165, 1.54) is 5.56 Å². The van der Waals surface area contributed by atoms with E-state index in [2.05, 4.69) is 41.5 Å². The number of ether oxygens (including phenoxy) is 1. The number of hydrogen-bond acceptors (Lipinski definition) is 5. The maximum atomic E-state index is 6.47. The molecular weight excluding hydrogens is 326 g/mol. The topological polar surface area (TPSA) is 64.9 Å². The fourth-order valence-corrected chi connectivity index (χ4v) is 3.39. The van der Waals surface area contributed by atoms with Crippen molar-refractivity contribution in [2.75, 3.05) is 7.11 Å². The van der Waals surface area contributed by atoms with Crippen LogP contribution >= 0.6 is 11.6 Å². The molecule has 1 atom stereocenters. The van der Waals surface area contributed by atoms with E-state index >= 15 is 0 Å². The summed E-state index contributed by atoms with van der Waals surface area (Å²) in [6.45, 7) is 6.72. The normalized spacial score (nSPS) is 17.6. The molecule has 0 aliphatic heterocycles. The summed E-state index contributed by atoms with van der Waals surface area (Å²) >= 11 is 6.47. The van der Waals surface area contributed by atoms with Gasteiger partial charge in [-0.25, -0.2) is 0 Å². The van der Waals surface area contributed by atoms with Gasteiger partial charge in [0.25, 0.3) is 0 Å². The van der Waals surface area contributed by atoms with Crippen LogP contribution in [0, 0.1) is 0 Å². The van der Waals surface area contributed by atoms with Crippen molar-refractivity contribution >= 4 is 11.6 Å². The minimum Gasteiger partial charge on any atom is -0.496 e. The second kappa shape index (κ2) is 6.69. The third-order valence-electron chi connectivity index (χ3n) is 4.31. The highest BCUT2D eigenvalue weighted by Crippen LogP contribution is 2.39. The van der Waals surface area contributed by atoms with Crippen LogP contribution in [0.5, 0.6) is 5.75 Å². The van der Waals surface area contributed by atoms with Crippen LogP contribution in [0.3, 0.4) is 0 Å². The van der Waals surface area contributed by atoms with Crippen LogP contribution in [0.15, 0.2) is 12.1 Å². The lowest BCUT2D eigenvalue weighted by Crippen LogP contribution is -2.27. The van der Waals surface area contributed by atoms with Gasteiger partial charge in [0, 0.05) is 16.6 Å². The lowest BCUT2D eigenvalue weighted by Gasteiger charge is -2.28. The summed E-state index contributed by atoms with van der Waals surface area (Å²) in [5.74, 6) is 1.61. The van der Waals surface area contributed by atoms with Gasteiger partial charge in [0.05, 0.1) is 19.2 Å². The first kappa shape index (κ1) is 17.2. The highest BCUT2D eigenvalue weighted by molar-refractivity contribution is 6.31. The van der Waals surface area contributed by atoms with Crippen molar-refractivity contribution in [3.05, 3.63) is 34.1 Å². The molecule has 3 rings (SSSR count). The fraction of sp³-hybridized carbons (Fsp3) is 0.588. The number of tetrazole rings is 1. The second-order valence-electron chi connectivity index (χ2n) is 7.13. The van der Waals surface area contributed by atoms with Gasteiger partial charge < -0.3 is 10.1 Å². The van der Waals surface area contributed by atoms with Crippen molar-refractivity contribution in [1.29, 1.82) is 0 Å². The molecule has 1 aromatic carbocycles. The zero-order valence-corrected chi connectivity index (χ0v) is 15.4. The number of halogens is 1. The largest absolute Gasteiger partial charge is 0.496 e. The van der Waals surface area contributed by atoms with E-state index in [9.17, 15) is 0 Å². The molecule has 1 aliphatic rings. The molecule has 0 bridgehead atoms. The van der Waals surface area contributed by atoms with Gasteiger partial charge in [-0.15, -0.1) is 10.2 Å². The molecule has 7 heteroatoms. The number of nitrogens with zero attached hydrogens (tertiary/aromatic N) is 4. The summed E-state index contributed by atoms with van der Waals surface area (Å²) < 4.78 is 5.50. The SMILES string of the molecule is COc1ccc(Cl)c2c1CCCC2NCc1nnn(C(C)(C)C)n1. The average Bonchev–Trinajstić information content (AvgIpc) is 3.02. The summed E-state index contributed by atoms with van der Waals surface area (Å²) in [6, 6.07) is 4.03. The number of hydrogen-bond donors (Lipinski definition) is 1. The molecule has 24 heavy (non-hydrogen) atoms. The van der Waals surface area contributed by atoms with Gasteiger partial charge in [0.15, 0.2) is 5.82 Å². The Bertz CT molecular complexity index is 722. The Balaban J connectivity index is 1.77. The van der Waals surface area contributed by atoms with Crippen LogP contribution in [-0.4, -0.2) is 27.3 Å². The zero-order valence-electron chi connectivity index (χ0n) is 14.6. The van der Waals surface area contributed by atoms with Gasteiger partial charge in [-0.2, -0.15) is 4.80 Å². The molecule has 0 amide bonds. The van der Waals surface area contributed by atoms with Gasteiger partial charge in [-0.1, -0.05) is 11.6 Å². The maximum Gasteiger partial charge on any atom is 0.188 e. The minimum absolute atomic E-state index is 0.167. The summed E-state index contributed by atoms with van der Waals surface area (Å²) in [6.07, 6.45) is 3.13. The second-order valence-corrected chi connectivity index (χ2v) is 7.54. The smallest absolute Gasteiger partial charge is 0.188 e. The van der Waals surface area contributed by atoms with E-state index in [-0.39, 0.29) is 11.6 Å². The van der Waals surface area contributed by atoms with Crippen LogP contribution in [0.4, 0.5) is 0 Å². The van der Waals surface area contributed by atoms with E-state index in [1.807, 2.05) is 12.1 Å². The van der Waals surface area contributed by atoms with Gasteiger partial charge >= 0.3 is 0 Å².